The SMILES string of the molecule is CC(C)CNC(=O)[C@H](C)OC(=O)C1CCN(C(=O)Nc2ccccc2)CC1. The zero-order valence-corrected chi connectivity index (χ0v) is 16.2. The Bertz CT molecular complexity index is 640. The lowest BCUT2D eigenvalue weighted by atomic mass is 9.97. The van der Waals surface area contributed by atoms with E-state index in [-0.39, 0.29) is 23.8 Å². The monoisotopic (exact) mass is 375 g/mol. The van der Waals surface area contributed by atoms with Gasteiger partial charge in [-0.2, -0.15) is 0 Å². The quantitative estimate of drug-likeness (QED) is 0.748. The molecule has 2 N–H and O–H groups in total. The molecule has 1 aromatic carbocycles. The highest BCUT2D eigenvalue weighted by Gasteiger charge is 2.30. The van der Waals surface area contributed by atoms with Crippen molar-refractivity contribution in [3.05, 3.63) is 30.3 Å². The van der Waals surface area contributed by atoms with Crippen molar-refractivity contribution < 1.29 is 19.1 Å². The summed E-state index contributed by atoms with van der Waals surface area (Å²) < 4.78 is 5.31. The third-order valence-corrected chi connectivity index (χ3v) is 4.49. The van der Waals surface area contributed by atoms with Crippen LogP contribution in [0.1, 0.15) is 33.6 Å². The fraction of sp³-hybridized carbons (Fsp3) is 0.550. The van der Waals surface area contributed by atoms with Crippen molar-refractivity contribution >= 4 is 23.6 Å². The molecule has 1 saturated heterocycles. The van der Waals surface area contributed by atoms with Gasteiger partial charge in [0, 0.05) is 25.3 Å². The Labute approximate surface area is 160 Å². The highest BCUT2D eigenvalue weighted by atomic mass is 16.5. The molecular weight excluding hydrogens is 346 g/mol. The van der Waals surface area contributed by atoms with E-state index in [0.29, 0.717) is 38.4 Å². The van der Waals surface area contributed by atoms with E-state index in [0.717, 1.165) is 5.69 Å². The van der Waals surface area contributed by atoms with Crippen LogP contribution >= 0.6 is 0 Å². The Morgan fingerprint density at radius 3 is 2.33 bits per heavy atom. The molecule has 0 spiro atoms. The Hall–Kier alpha value is -2.57. The second-order valence-corrected chi connectivity index (χ2v) is 7.28. The molecule has 27 heavy (non-hydrogen) atoms. The predicted molar refractivity (Wildman–Crippen MR) is 103 cm³/mol. The van der Waals surface area contributed by atoms with Crippen molar-refractivity contribution in [2.24, 2.45) is 11.8 Å². The maximum Gasteiger partial charge on any atom is 0.321 e. The standard InChI is InChI=1S/C20H29N3O4/c1-14(2)13-21-18(24)15(3)27-19(25)16-9-11-23(12-10-16)20(26)22-17-7-5-4-6-8-17/h4-8,14-16H,9-13H2,1-3H3,(H,21,24)(H,22,26)/t15-/m0/s1. The number of esters is 1. The summed E-state index contributed by atoms with van der Waals surface area (Å²) in [5.74, 6) is -0.601. The fourth-order valence-corrected chi connectivity index (χ4v) is 2.81. The minimum absolute atomic E-state index is 0.172. The molecule has 1 aliphatic rings. The lowest BCUT2D eigenvalue weighted by molar-refractivity contribution is -0.160. The van der Waals surface area contributed by atoms with Crippen LogP contribution in [0.4, 0.5) is 10.5 Å². The lowest BCUT2D eigenvalue weighted by Gasteiger charge is -2.31. The number of nitrogens with one attached hydrogen (secondary N) is 2. The Morgan fingerprint density at radius 1 is 1.11 bits per heavy atom. The van der Waals surface area contributed by atoms with E-state index < -0.39 is 6.10 Å². The van der Waals surface area contributed by atoms with Gasteiger partial charge in [-0.15, -0.1) is 0 Å². The van der Waals surface area contributed by atoms with Crippen LogP contribution in [0.5, 0.6) is 0 Å². The van der Waals surface area contributed by atoms with E-state index in [2.05, 4.69) is 10.6 Å². The average molecular weight is 375 g/mol. The minimum atomic E-state index is -0.810. The second kappa shape index (κ2) is 9.94. The van der Waals surface area contributed by atoms with Crippen LogP contribution in [0.25, 0.3) is 0 Å². The van der Waals surface area contributed by atoms with Gasteiger partial charge >= 0.3 is 12.0 Å². The number of piperidine rings is 1. The molecular formula is C20H29N3O4. The molecule has 0 unspecified atom stereocenters. The summed E-state index contributed by atoms with van der Waals surface area (Å²) in [6.45, 7) is 7.09. The minimum Gasteiger partial charge on any atom is -0.452 e. The summed E-state index contributed by atoms with van der Waals surface area (Å²) in [7, 11) is 0. The van der Waals surface area contributed by atoms with E-state index >= 15 is 0 Å². The number of urea groups is 1. The van der Waals surface area contributed by atoms with Crippen molar-refractivity contribution in [1.82, 2.24) is 10.2 Å². The molecule has 1 heterocycles. The molecule has 1 atom stereocenters. The zero-order chi connectivity index (χ0) is 19.8. The van der Waals surface area contributed by atoms with Crippen molar-refractivity contribution in [3.8, 4) is 0 Å². The number of anilines is 1. The van der Waals surface area contributed by atoms with Gasteiger partial charge in [0.2, 0.25) is 0 Å². The van der Waals surface area contributed by atoms with Gasteiger partial charge in [0.25, 0.3) is 5.91 Å². The summed E-state index contributed by atoms with van der Waals surface area (Å²) in [4.78, 5) is 38.2. The number of ether oxygens (including phenoxy) is 1. The first-order chi connectivity index (χ1) is 12.9. The molecule has 0 aromatic heterocycles. The number of para-hydroxylation sites is 1. The molecule has 1 aliphatic heterocycles. The maximum absolute atomic E-state index is 12.3. The van der Waals surface area contributed by atoms with E-state index in [1.807, 2.05) is 44.2 Å². The van der Waals surface area contributed by atoms with Gasteiger partial charge in [0.05, 0.1) is 5.92 Å². The first kappa shape index (κ1) is 20.7. The van der Waals surface area contributed by atoms with E-state index in [9.17, 15) is 14.4 Å². The smallest absolute Gasteiger partial charge is 0.321 e. The molecule has 0 bridgehead atoms. The number of amides is 3. The van der Waals surface area contributed by atoms with Crippen molar-refractivity contribution in [2.75, 3.05) is 25.0 Å². The van der Waals surface area contributed by atoms with Gasteiger partial charge < -0.3 is 20.3 Å². The van der Waals surface area contributed by atoms with Crippen LogP contribution in [0.15, 0.2) is 30.3 Å². The van der Waals surface area contributed by atoms with Crippen molar-refractivity contribution in [1.29, 1.82) is 0 Å². The number of carbonyl (C=O) groups is 3. The van der Waals surface area contributed by atoms with Gasteiger partial charge in [0.15, 0.2) is 6.10 Å². The van der Waals surface area contributed by atoms with Gasteiger partial charge in [-0.05, 0) is 37.8 Å². The summed E-state index contributed by atoms with van der Waals surface area (Å²) in [5.41, 5.74) is 0.741. The molecule has 7 nitrogen and oxygen atoms in total. The van der Waals surface area contributed by atoms with Crippen molar-refractivity contribution in [2.45, 2.75) is 39.7 Å². The molecule has 0 saturated carbocycles. The summed E-state index contributed by atoms with van der Waals surface area (Å²) >= 11 is 0. The Balaban J connectivity index is 1.75. The molecule has 2 rings (SSSR count). The summed E-state index contributed by atoms with van der Waals surface area (Å²) in [5, 5.41) is 5.60. The highest BCUT2D eigenvalue weighted by Crippen LogP contribution is 2.20. The van der Waals surface area contributed by atoms with E-state index in [4.69, 9.17) is 4.74 Å². The van der Waals surface area contributed by atoms with Crippen LogP contribution in [0, 0.1) is 11.8 Å². The fourth-order valence-electron chi connectivity index (χ4n) is 2.81. The van der Waals surface area contributed by atoms with Crippen LogP contribution in [-0.4, -0.2) is 48.5 Å². The number of hydrogen-bond donors (Lipinski definition) is 2. The molecule has 0 radical (unpaired) electrons. The molecule has 1 aromatic rings. The maximum atomic E-state index is 12.3. The number of likely N-dealkylation sites (tertiary alicyclic amines) is 1. The molecule has 0 aliphatic carbocycles. The van der Waals surface area contributed by atoms with Crippen LogP contribution in [0.3, 0.4) is 0 Å². The third-order valence-electron chi connectivity index (χ3n) is 4.49. The molecule has 7 heteroatoms. The first-order valence-electron chi connectivity index (χ1n) is 9.46. The largest absolute Gasteiger partial charge is 0.452 e. The topological polar surface area (TPSA) is 87.7 Å². The number of benzene rings is 1. The summed E-state index contributed by atoms with van der Waals surface area (Å²) in [6, 6.07) is 9.08. The predicted octanol–water partition coefficient (Wildman–Crippen LogP) is 2.63. The molecule has 148 valence electrons. The number of carbonyl (C=O) groups excluding carboxylic acids is 3. The molecule has 1 fully saturated rings. The third kappa shape index (κ3) is 6.58. The molecule has 3 amide bonds. The van der Waals surface area contributed by atoms with Crippen LogP contribution in [0.2, 0.25) is 0 Å². The van der Waals surface area contributed by atoms with E-state index in [1.54, 1.807) is 11.8 Å². The Kier molecular flexibility index (Phi) is 7.64. The highest BCUT2D eigenvalue weighted by molar-refractivity contribution is 5.89. The lowest BCUT2D eigenvalue weighted by Crippen LogP contribution is -2.44. The Morgan fingerprint density at radius 2 is 1.74 bits per heavy atom. The number of nitrogens with zero attached hydrogens (tertiary/aromatic N) is 1. The zero-order valence-electron chi connectivity index (χ0n) is 16.2. The van der Waals surface area contributed by atoms with E-state index in [1.165, 1.54) is 0 Å². The summed E-state index contributed by atoms with van der Waals surface area (Å²) in [6.07, 6.45) is 0.249. The number of hydrogen-bond acceptors (Lipinski definition) is 4. The van der Waals surface area contributed by atoms with Gasteiger partial charge in [0.1, 0.15) is 0 Å². The van der Waals surface area contributed by atoms with Crippen LogP contribution < -0.4 is 10.6 Å². The number of rotatable bonds is 6. The second-order valence-electron chi connectivity index (χ2n) is 7.28. The van der Waals surface area contributed by atoms with Crippen molar-refractivity contribution in [3.63, 3.8) is 0 Å². The average Bonchev–Trinajstić information content (AvgIpc) is 2.66. The van der Waals surface area contributed by atoms with Crippen LogP contribution in [-0.2, 0) is 14.3 Å². The van der Waals surface area contributed by atoms with Gasteiger partial charge in [-0.25, -0.2) is 4.79 Å². The normalized spacial score (nSPS) is 15.9. The first-order valence-corrected chi connectivity index (χ1v) is 9.46. The van der Waals surface area contributed by atoms with Gasteiger partial charge in [-0.3, -0.25) is 9.59 Å². The van der Waals surface area contributed by atoms with Gasteiger partial charge in [-0.1, -0.05) is 32.0 Å².